The molecule has 27 heavy (non-hydrogen) atoms. The second-order valence-electron chi connectivity index (χ2n) is 6.18. The molecule has 1 aromatic heterocycles. The molecule has 8 nitrogen and oxygen atoms in total. The Kier molecular flexibility index (Phi) is 5.76. The molecule has 1 aliphatic heterocycles. The first-order valence-corrected chi connectivity index (χ1v) is 9.92. The summed E-state index contributed by atoms with van der Waals surface area (Å²) in [5.74, 6) is -2.09. The van der Waals surface area contributed by atoms with Crippen molar-refractivity contribution in [3.8, 4) is 0 Å². The van der Waals surface area contributed by atoms with E-state index in [0.717, 1.165) is 34.3 Å². The summed E-state index contributed by atoms with van der Waals surface area (Å²) in [5.41, 5.74) is 1.87. The van der Waals surface area contributed by atoms with Gasteiger partial charge in [0.25, 0.3) is 0 Å². The van der Waals surface area contributed by atoms with Crippen molar-refractivity contribution in [3.05, 3.63) is 29.8 Å². The van der Waals surface area contributed by atoms with Crippen LogP contribution in [0.2, 0.25) is 0 Å². The zero-order valence-electron chi connectivity index (χ0n) is 14.7. The van der Waals surface area contributed by atoms with Crippen LogP contribution in [0.3, 0.4) is 0 Å². The van der Waals surface area contributed by atoms with Crippen LogP contribution < -0.4 is 15.3 Å². The first-order chi connectivity index (χ1) is 12.8. The van der Waals surface area contributed by atoms with Gasteiger partial charge in [-0.25, -0.2) is 0 Å². The molecule has 0 aliphatic carbocycles. The van der Waals surface area contributed by atoms with E-state index >= 15 is 0 Å². The van der Waals surface area contributed by atoms with Gasteiger partial charge in [0, 0.05) is 23.9 Å². The Morgan fingerprint density at radius 2 is 2.04 bits per heavy atom. The standard InChI is InChI=1S/C17H18N4O4S2/c1-9-3-5-12(6-4-9)21-8-11(7-13(21)22)14(23)18-16-19-20-17(27-16)26-10(2)15(24)25/h3-6,10-11H,7-8H2,1-2H3,(H,24,25)(H,18,19,23)/p-1/t10-,11-/m0/s1. The number of carbonyl (C=O) groups is 3. The molecular formula is C17H17N4O4S2-. The lowest BCUT2D eigenvalue weighted by molar-refractivity contribution is -0.304. The highest BCUT2D eigenvalue weighted by Gasteiger charge is 2.35. The predicted molar refractivity (Wildman–Crippen MR) is 101 cm³/mol. The van der Waals surface area contributed by atoms with Gasteiger partial charge >= 0.3 is 0 Å². The molecule has 0 spiro atoms. The number of benzene rings is 1. The van der Waals surface area contributed by atoms with Gasteiger partial charge in [0.1, 0.15) is 0 Å². The first kappa shape index (κ1) is 19.3. The van der Waals surface area contributed by atoms with Gasteiger partial charge in [-0.15, -0.1) is 10.2 Å². The van der Waals surface area contributed by atoms with Gasteiger partial charge < -0.3 is 20.1 Å². The number of nitrogens with zero attached hydrogens (tertiary/aromatic N) is 3. The van der Waals surface area contributed by atoms with Crippen LogP contribution >= 0.6 is 23.1 Å². The fourth-order valence-electron chi connectivity index (χ4n) is 2.57. The maximum atomic E-state index is 12.5. The highest BCUT2D eigenvalue weighted by molar-refractivity contribution is 8.02. The first-order valence-electron chi connectivity index (χ1n) is 8.22. The lowest BCUT2D eigenvalue weighted by Gasteiger charge is -2.16. The number of thioether (sulfide) groups is 1. The van der Waals surface area contributed by atoms with Gasteiger partial charge in [-0.1, -0.05) is 40.8 Å². The quantitative estimate of drug-likeness (QED) is 0.564. The predicted octanol–water partition coefficient (Wildman–Crippen LogP) is 1.07. The Hall–Kier alpha value is -2.46. The zero-order chi connectivity index (χ0) is 19.6. The van der Waals surface area contributed by atoms with Crippen molar-refractivity contribution in [1.82, 2.24) is 10.2 Å². The highest BCUT2D eigenvalue weighted by atomic mass is 32.2. The van der Waals surface area contributed by atoms with Crippen molar-refractivity contribution in [2.24, 2.45) is 5.92 Å². The molecule has 10 heteroatoms. The molecule has 142 valence electrons. The largest absolute Gasteiger partial charge is 0.549 e. The van der Waals surface area contributed by atoms with Crippen molar-refractivity contribution < 1.29 is 19.5 Å². The number of anilines is 2. The van der Waals surface area contributed by atoms with Crippen molar-refractivity contribution in [2.45, 2.75) is 29.9 Å². The summed E-state index contributed by atoms with van der Waals surface area (Å²) in [6.07, 6.45) is 0.127. The van der Waals surface area contributed by atoms with Crippen molar-refractivity contribution >= 4 is 51.7 Å². The van der Waals surface area contributed by atoms with E-state index in [9.17, 15) is 19.5 Å². The molecule has 2 aromatic rings. The molecule has 0 radical (unpaired) electrons. The second kappa shape index (κ2) is 8.05. The molecule has 0 bridgehead atoms. The number of aryl methyl sites for hydroxylation is 1. The van der Waals surface area contributed by atoms with Gasteiger partial charge in [-0.3, -0.25) is 9.59 Å². The minimum atomic E-state index is -1.19. The van der Waals surface area contributed by atoms with Crippen molar-refractivity contribution in [1.29, 1.82) is 0 Å². The molecule has 1 aromatic carbocycles. The Morgan fingerprint density at radius 1 is 1.33 bits per heavy atom. The average molecular weight is 405 g/mol. The number of amides is 2. The summed E-state index contributed by atoms with van der Waals surface area (Å²) in [6, 6.07) is 7.56. The number of carboxylic acid groups (broad SMARTS) is 1. The van der Waals surface area contributed by atoms with E-state index in [1.54, 1.807) is 4.90 Å². The van der Waals surface area contributed by atoms with Crippen LogP contribution in [0.1, 0.15) is 18.9 Å². The molecule has 0 unspecified atom stereocenters. The topological polar surface area (TPSA) is 115 Å². The Bertz CT molecular complexity index is 868. The number of hydrogen-bond acceptors (Lipinski definition) is 8. The van der Waals surface area contributed by atoms with E-state index in [4.69, 9.17) is 0 Å². The Labute approximate surface area is 164 Å². The van der Waals surface area contributed by atoms with E-state index in [2.05, 4.69) is 15.5 Å². The number of nitrogens with one attached hydrogen (secondary N) is 1. The van der Waals surface area contributed by atoms with E-state index in [1.165, 1.54) is 6.92 Å². The molecule has 1 aliphatic rings. The third kappa shape index (κ3) is 4.64. The third-order valence-corrected chi connectivity index (χ3v) is 6.09. The smallest absolute Gasteiger partial charge is 0.231 e. The molecule has 1 fully saturated rings. The fourth-order valence-corrected chi connectivity index (χ4v) is 4.40. The van der Waals surface area contributed by atoms with Crippen LogP contribution in [0.5, 0.6) is 0 Å². The van der Waals surface area contributed by atoms with Crippen LogP contribution in [0.15, 0.2) is 28.6 Å². The maximum absolute atomic E-state index is 12.5. The van der Waals surface area contributed by atoms with Crippen LogP contribution in [0.25, 0.3) is 0 Å². The van der Waals surface area contributed by atoms with Crippen LogP contribution in [-0.2, 0) is 14.4 Å². The van der Waals surface area contributed by atoms with E-state index in [1.807, 2.05) is 31.2 Å². The fraction of sp³-hybridized carbons (Fsp3) is 0.353. The molecular weight excluding hydrogens is 388 g/mol. The lowest BCUT2D eigenvalue weighted by Crippen LogP contribution is -2.31. The van der Waals surface area contributed by atoms with Gasteiger partial charge in [-0.2, -0.15) is 0 Å². The summed E-state index contributed by atoms with van der Waals surface area (Å²) in [7, 11) is 0. The molecule has 1 N–H and O–H groups in total. The Morgan fingerprint density at radius 3 is 2.70 bits per heavy atom. The molecule has 1 saturated heterocycles. The van der Waals surface area contributed by atoms with E-state index in [0.29, 0.717) is 10.9 Å². The van der Waals surface area contributed by atoms with Gasteiger partial charge in [0.15, 0.2) is 4.34 Å². The van der Waals surface area contributed by atoms with E-state index in [-0.39, 0.29) is 23.4 Å². The van der Waals surface area contributed by atoms with Crippen molar-refractivity contribution in [2.75, 3.05) is 16.8 Å². The van der Waals surface area contributed by atoms with Crippen LogP contribution in [0.4, 0.5) is 10.8 Å². The number of aliphatic carboxylic acids is 1. The lowest BCUT2D eigenvalue weighted by atomic mass is 10.1. The normalized spacial score (nSPS) is 17.8. The minimum absolute atomic E-state index is 0.102. The summed E-state index contributed by atoms with van der Waals surface area (Å²) < 4.78 is 0.422. The van der Waals surface area contributed by atoms with Gasteiger partial charge in [-0.05, 0) is 26.0 Å². The molecule has 3 rings (SSSR count). The number of hydrogen-bond donors (Lipinski definition) is 1. The average Bonchev–Trinajstić information content (AvgIpc) is 3.22. The number of rotatable bonds is 6. The zero-order valence-corrected chi connectivity index (χ0v) is 16.3. The summed E-state index contributed by atoms with van der Waals surface area (Å²) in [6.45, 7) is 3.76. The van der Waals surface area contributed by atoms with Crippen LogP contribution in [0, 0.1) is 12.8 Å². The van der Waals surface area contributed by atoms with Gasteiger partial charge in [0.05, 0.1) is 11.9 Å². The monoisotopic (exact) mass is 405 g/mol. The summed E-state index contributed by atoms with van der Waals surface area (Å²) in [4.78, 5) is 37.1. The van der Waals surface area contributed by atoms with Gasteiger partial charge in [0.2, 0.25) is 16.9 Å². The molecule has 2 atom stereocenters. The number of carboxylic acids is 1. The van der Waals surface area contributed by atoms with Crippen molar-refractivity contribution in [3.63, 3.8) is 0 Å². The molecule has 2 amide bonds. The minimum Gasteiger partial charge on any atom is -0.549 e. The summed E-state index contributed by atoms with van der Waals surface area (Å²) >= 11 is 2.08. The number of aromatic nitrogens is 2. The molecule has 0 saturated carbocycles. The SMILES string of the molecule is Cc1ccc(N2C[C@@H](C(=O)Nc3nnc(S[C@@H](C)C(=O)[O-])s3)CC2=O)cc1. The highest BCUT2D eigenvalue weighted by Crippen LogP contribution is 2.30. The van der Waals surface area contributed by atoms with E-state index < -0.39 is 17.1 Å². The third-order valence-electron chi connectivity index (χ3n) is 4.09. The Balaban J connectivity index is 1.60. The second-order valence-corrected chi connectivity index (χ2v) is 8.75. The molecule has 2 heterocycles. The van der Waals surface area contributed by atoms with Crippen LogP contribution in [-0.4, -0.2) is 39.8 Å². The maximum Gasteiger partial charge on any atom is 0.231 e. The number of carbonyl (C=O) groups excluding carboxylic acids is 3. The summed E-state index contributed by atoms with van der Waals surface area (Å²) in [5, 5.41) is 20.6.